The summed E-state index contributed by atoms with van der Waals surface area (Å²) in [6, 6.07) is 82.5. The zero-order chi connectivity index (χ0) is 40.2. The minimum Gasteiger partial charge on any atom is -0.310 e. The first-order chi connectivity index (χ1) is 29.5. The average Bonchev–Trinajstić information content (AvgIpc) is 3.55. The van der Waals surface area contributed by atoms with Crippen molar-refractivity contribution in [3.8, 4) is 55.6 Å². The number of anilines is 3. The molecule has 0 radical (unpaired) electrons. The predicted octanol–water partition coefficient (Wildman–Crippen LogP) is 16.4. The highest BCUT2D eigenvalue weighted by Gasteiger charge is 2.36. The van der Waals surface area contributed by atoms with Gasteiger partial charge in [-0.2, -0.15) is 0 Å². The molecular formula is C59H43N. The number of rotatable bonds is 7. The highest BCUT2D eigenvalue weighted by atomic mass is 15.1. The molecule has 11 rings (SSSR count). The van der Waals surface area contributed by atoms with Crippen LogP contribution in [0.5, 0.6) is 0 Å². The molecule has 10 aromatic rings. The minimum absolute atomic E-state index is 0.146. The van der Waals surface area contributed by atoms with Gasteiger partial charge in [0.1, 0.15) is 0 Å². The fraction of sp³-hybridized carbons (Fsp3) is 0.0508. The second kappa shape index (κ2) is 14.4. The summed E-state index contributed by atoms with van der Waals surface area (Å²) in [5, 5.41) is 4.98. The maximum Gasteiger partial charge on any atom is 0.0546 e. The van der Waals surface area contributed by atoms with Crippen LogP contribution in [0, 0.1) is 0 Å². The molecule has 1 heteroatoms. The quantitative estimate of drug-likeness (QED) is 0.146. The topological polar surface area (TPSA) is 3.24 Å². The zero-order valence-electron chi connectivity index (χ0n) is 33.8. The number of nitrogens with zero attached hydrogens (tertiary/aromatic N) is 1. The number of hydrogen-bond acceptors (Lipinski definition) is 1. The van der Waals surface area contributed by atoms with E-state index in [4.69, 9.17) is 0 Å². The average molecular weight is 766 g/mol. The predicted molar refractivity (Wildman–Crippen MR) is 255 cm³/mol. The van der Waals surface area contributed by atoms with Crippen LogP contribution in [0.15, 0.2) is 224 Å². The van der Waals surface area contributed by atoms with Crippen molar-refractivity contribution < 1.29 is 0 Å². The molecule has 0 saturated heterocycles. The Labute approximate surface area is 352 Å². The van der Waals surface area contributed by atoms with Crippen LogP contribution in [0.25, 0.3) is 77.2 Å². The van der Waals surface area contributed by atoms with Crippen molar-refractivity contribution in [3.63, 3.8) is 0 Å². The standard InChI is InChI=1S/C59H43N/c1-59(2)55-26-14-13-24-52(55)53-37-36-47(39-56(53)59)60(46-34-32-43(33-35-46)42-30-28-41(29-31-42)40-16-5-3-6-17-40)57-27-15-25-49(44-18-7-4-8-19-44)58(57)54-38-45-20-9-10-21-48(45)50-22-11-12-23-51(50)54/h3-39H,1-2H3. The highest BCUT2D eigenvalue weighted by molar-refractivity contribution is 6.16. The molecule has 0 bridgehead atoms. The van der Waals surface area contributed by atoms with E-state index in [0.717, 1.165) is 17.1 Å². The molecule has 0 amide bonds. The third-order valence-electron chi connectivity index (χ3n) is 12.7. The summed E-state index contributed by atoms with van der Waals surface area (Å²) in [5.41, 5.74) is 18.2. The summed E-state index contributed by atoms with van der Waals surface area (Å²) in [7, 11) is 0. The lowest BCUT2D eigenvalue weighted by atomic mass is 9.82. The Balaban J connectivity index is 1.14. The van der Waals surface area contributed by atoms with Crippen LogP contribution < -0.4 is 4.90 Å². The number of hydrogen-bond donors (Lipinski definition) is 0. The van der Waals surface area contributed by atoms with Crippen molar-refractivity contribution in [1.29, 1.82) is 0 Å². The normalized spacial score (nSPS) is 12.6. The van der Waals surface area contributed by atoms with Crippen molar-refractivity contribution >= 4 is 38.6 Å². The monoisotopic (exact) mass is 765 g/mol. The van der Waals surface area contributed by atoms with E-state index in [2.05, 4.69) is 243 Å². The van der Waals surface area contributed by atoms with Crippen LogP contribution in [-0.2, 0) is 5.41 Å². The van der Waals surface area contributed by atoms with Gasteiger partial charge in [0, 0.05) is 22.4 Å². The first-order valence-electron chi connectivity index (χ1n) is 20.9. The highest BCUT2D eigenvalue weighted by Crippen LogP contribution is 2.53. The fourth-order valence-electron chi connectivity index (χ4n) is 9.68. The largest absolute Gasteiger partial charge is 0.310 e. The van der Waals surface area contributed by atoms with E-state index in [9.17, 15) is 0 Å². The number of benzene rings is 10. The fourth-order valence-corrected chi connectivity index (χ4v) is 9.68. The maximum atomic E-state index is 2.49. The maximum absolute atomic E-state index is 2.49. The van der Waals surface area contributed by atoms with Gasteiger partial charge in [-0.1, -0.05) is 202 Å². The molecule has 0 fully saturated rings. The summed E-state index contributed by atoms with van der Waals surface area (Å²) in [6.45, 7) is 4.73. The van der Waals surface area contributed by atoms with E-state index in [1.165, 1.54) is 88.3 Å². The van der Waals surface area contributed by atoms with Gasteiger partial charge in [0.15, 0.2) is 0 Å². The molecular weight excluding hydrogens is 723 g/mol. The molecule has 0 heterocycles. The Bertz CT molecular complexity index is 3200. The van der Waals surface area contributed by atoms with E-state index < -0.39 is 0 Å². The smallest absolute Gasteiger partial charge is 0.0546 e. The second-order valence-electron chi connectivity index (χ2n) is 16.5. The van der Waals surface area contributed by atoms with E-state index in [-0.39, 0.29) is 5.41 Å². The van der Waals surface area contributed by atoms with E-state index in [1.807, 2.05) is 0 Å². The summed E-state index contributed by atoms with van der Waals surface area (Å²) in [5.74, 6) is 0. The van der Waals surface area contributed by atoms with Crippen LogP contribution in [-0.4, -0.2) is 0 Å². The van der Waals surface area contributed by atoms with Crippen molar-refractivity contribution in [2.75, 3.05) is 4.90 Å². The lowest BCUT2D eigenvalue weighted by Gasteiger charge is -2.31. The SMILES string of the molecule is CC1(C)c2ccccc2-c2ccc(N(c3ccc(-c4ccc(-c5ccccc5)cc4)cc3)c3cccc(-c4ccccc4)c3-c3cc4ccccc4c4ccccc34)cc21. The Morgan fingerprint density at radius 1 is 0.317 bits per heavy atom. The van der Waals surface area contributed by atoms with Gasteiger partial charge >= 0.3 is 0 Å². The van der Waals surface area contributed by atoms with Gasteiger partial charge in [-0.15, -0.1) is 0 Å². The molecule has 10 aromatic carbocycles. The molecule has 0 N–H and O–H groups in total. The van der Waals surface area contributed by atoms with Crippen LogP contribution in [0.3, 0.4) is 0 Å². The first-order valence-corrected chi connectivity index (χ1v) is 20.9. The molecule has 1 nitrogen and oxygen atoms in total. The molecule has 284 valence electrons. The Morgan fingerprint density at radius 3 is 1.55 bits per heavy atom. The van der Waals surface area contributed by atoms with Crippen molar-refractivity contribution in [2.24, 2.45) is 0 Å². The second-order valence-corrected chi connectivity index (χ2v) is 16.5. The molecule has 0 unspecified atom stereocenters. The van der Waals surface area contributed by atoms with Crippen LogP contribution >= 0.6 is 0 Å². The Kier molecular flexibility index (Phi) is 8.57. The van der Waals surface area contributed by atoms with Gasteiger partial charge in [0.2, 0.25) is 0 Å². The zero-order valence-corrected chi connectivity index (χ0v) is 33.8. The molecule has 1 aliphatic carbocycles. The summed E-state index contributed by atoms with van der Waals surface area (Å²) >= 11 is 0. The third-order valence-corrected chi connectivity index (χ3v) is 12.7. The van der Waals surface area contributed by atoms with Crippen molar-refractivity contribution in [3.05, 3.63) is 236 Å². The molecule has 0 spiro atoms. The van der Waals surface area contributed by atoms with Crippen LogP contribution in [0.1, 0.15) is 25.0 Å². The van der Waals surface area contributed by atoms with Crippen LogP contribution in [0.2, 0.25) is 0 Å². The summed E-state index contributed by atoms with van der Waals surface area (Å²) in [6.07, 6.45) is 0. The number of fused-ring (bicyclic) bond motifs is 6. The van der Waals surface area contributed by atoms with Gasteiger partial charge < -0.3 is 4.90 Å². The third kappa shape index (κ3) is 5.93. The van der Waals surface area contributed by atoms with Gasteiger partial charge in [-0.25, -0.2) is 0 Å². The molecule has 0 saturated carbocycles. The van der Waals surface area contributed by atoms with Crippen molar-refractivity contribution in [2.45, 2.75) is 19.3 Å². The first kappa shape index (κ1) is 35.7. The molecule has 0 atom stereocenters. The molecule has 0 aliphatic heterocycles. The van der Waals surface area contributed by atoms with Crippen LogP contribution in [0.4, 0.5) is 17.1 Å². The van der Waals surface area contributed by atoms with E-state index in [0.29, 0.717) is 0 Å². The Morgan fingerprint density at radius 2 is 0.833 bits per heavy atom. The summed E-state index contributed by atoms with van der Waals surface area (Å²) < 4.78 is 0. The van der Waals surface area contributed by atoms with Gasteiger partial charge in [0.05, 0.1) is 5.69 Å². The summed E-state index contributed by atoms with van der Waals surface area (Å²) in [4.78, 5) is 2.49. The van der Waals surface area contributed by atoms with Gasteiger partial charge in [0.25, 0.3) is 0 Å². The molecule has 1 aliphatic rings. The van der Waals surface area contributed by atoms with E-state index >= 15 is 0 Å². The molecule has 0 aromatic heterocycles. The minimum atomic E-state index is -0.146. The molecule has 60 heavy (non-hydrogen) atoms. The lowest BCUT2D eigenvalue weighted by Crippen LogP contribution is -2.17. The van der Waals surface area contributed by atoms with Crippen molar-refractivity contribution in [1.82, 2.24) is 0 Å². The van der Waals surface area contributed by atoms with Gasteiger partial charge in [-0.3, -0.25) is 0 Å². The Hall–Kier alpha value is -7.48. The lowest BCUT2D eigenvalue weighted by molar-refractivity contribution is 0.660. The van der Waals surface area contributed by atoms with Gasteiger partial charge in [-0.05, 0) is 119 Å². The van der Waals surface area contributed by atoms with E-state index in [1.54, 1.807) is 0 Å².